The van der Waals surface area contributed by atoms with Crippen molar-refractivity contribution < 1.29 is 14.7 Å². The summed E-state index contributed by atoms with van der Waals surface area (Å²) in [5.74, 6) is -1.58. The number of carbonyl (C=O) groups is 2. The summed E-state index contributed by atoms with van der Waals surface area (Å²) in [4.78, 5) is 37.5. The number of hydrogen-bond donors (Lipinski definition) is 2. The van der Waals surface area contributed by atoms with Gasteiger partial charge in [0.1, 0.15) is 12.2 Å². The molecule has 0 aromatic carbocycles. The molecule has 2 aromatic heterocycles. The number of nitrogens with zero attached hydrogens (tertiary/aromatic N) is 2. The van der Waals surface area contributed by atoms with Crippen LogP contribution in [0.15, 0.2) is 28.5 Å². The Morgan fingerprint density at radius 2 is 2.25 bits per heavy atom. The van der Waals surface area contributed by atoms with Crippen LogP contribution in [0.2, 0.25) is 0 Å². The highest BCUT2D eigenvalue weighted by Gasteiger charge is 2.10. The van der Waals surface area contributed by atoms with Gasteiger partial charge in [-0.05, 0) is 19.1 Å². The van der Waals surface area contributed by atoms with Gasteiger partial charge < -0.3 is 10.4 Å². The third-order valence-electron chi connectivity index (χ3n) is 2.54. The highest BCUT2D eigenvalue weighted by molar-refractivity contribution is 7.07. The Kier molecular flexibility index (Phi) is 3.94. The summed E-state index contributed by atoms with van der Waals surface area (Å²) in [6, 6.07) is 2.73. The Balaban J connectivity index is 2.11. The van der Waals surface area contributed by atoms with E-state index in [2.05, 4.69) is 10.3 Å². The van der Waals surface area contributed by atoms with Crippen LogP contribution in [-0.4, -0.2) is 26.5 Å². The highest BCUT2D eigenvalue weighted by Crippen LogP contribution is 2.08. The van der Waals surface area contributed by atoms with Crippen LogP contribution in [0.1, 0.15) is 16.2 Å². The minimum atomic E-state index is -1.18. The fraction of sp³-hybridized carbons (Fsp3) is 0.167. The zero-order valence-corrected chi connectivity index (χ0v) is 11.3. The summed E-state index contributed by atoms with van der Waals surface area (Å²) in [5, 5.41) is 13.0. The number of amides is 1. The lowest BCUT2D eigenvalue weighted by Crippen LogP contribution is -2.25. The Morgan fingerprint density at radius 3 is 2.85 bits per heavy atom. The van der Waals surface area contributed by atoms with E-state index in [4.69, 9.17) is 5.11 Å². The number of carboxylic acid groups (broad SMARTS) is 1. The number of aromatic carboxylic acids is 1. The van der Waals surface area contributed by atoms with Crippen molar-refractivity contribution in [2.45, 2.75) is 13.5 Å². The molecule has 104 valence electrons. The first-order valence-corrected chi connectivity index (χ1v) is 6.49. The van der Waals surface area contributed by atoms with Crippen LogP contribution in [0.25, 0.3) is 0 Å². The number of rotatable bonds is 4. The molecular formula is C12H11N3O4S. The van der Waals surface area contributed by atoms with Crippen LogP contribution in [0, 0.1) is 6.92 Å². The third-order valence-corrected chi connectivity index (χ3v) is 3.42. The lowest BCUT2D eigenvalue weighted by Gasteiger charge is -2.07. The van der Waals surface area contributed by atoms with E-state index in [0.717, 1.165) is 11.3 Å². The van der Waals surface area contributed by atoms with Crippen molar-refractivity contribution in [2.75, 3.05) is 5.32 Å². The van der Waals surface area contributed by atoms with Gasteiger partial charge in [-0.1, -0.05) is 11.3 Å². The number of hydrogen-bond acceptors (Lipinski definition) is 5. The molecule has 0 aliphatic heterocycles. The molecular weight excluding hydrogens is 282 g/mol. The molecule has 0 radical (unpaired) electrons. The van der Waals surface area contributed by atoms with Crippen LogP contribution < -0.4 is 10.2 Å². The maximum absolute atomic E-state index is 11.8. The molecule has 7 nitrogen and oxygen atoms in total. The molecule has 2 N–H and O–H groups in total. The van der Waals surface area contributed by atoms with Gasteiger partial charge in [0.05, 0.1) is 0 Å². The summed E-state index contributed by atoms with van der Waals surface area (Å²) in [7, 11) is 0. The van der Waals surface area contributed by atoms with Gasteiger partial charge in [-0.25, -0.2) is 9.78 Å². The Bertz CT molecular complexity index is 719. The zero-order valence-electron chi connectivity index (χ0n) is 10.5. The minimum absolute atomic E-state index is 0.112. The standard InChI is InChI=1S/C12H11N3O4S/c1-7-6-20-12(19)15(7)5-10(16)14-8-2-3-13-9(4-8)11(17)18/h2-4,6H,5H2,1H3,(H,17,18)(H,13,14,16). The number of nitrogens with one attached hydrogen (secondary N) is 1. The summed E-state index contributed by atoms with van der Waals surface area (Å²) < 4.78 is 1.35. The summed E-state index contributed by atoms with van der Waals surface area (Å²) in [5.41, 5.74) is 0.867. The van der Waals surface area contributed by atoms with Gasteiger partial charge in [0.25, 0.3) is 0 Å². The number of pyridine rings is 1. The molecule has 0 saturated carbocycles. The smallest absolute Gasteiger partial charge is 0.354 e. The third kappa shape index (κ3) is 3.09. The SMILES string of the molecule is Cc1csc(=O)n1CC(=O)Nc1ccnc(C(=O)O)c1. The molecule has 0 spiro atoms. The number of anilines is 1. The zero-order chi connectivity index (χ0) is 14.7. The van der Waals surface area contributed by atoms with E-state index < -0.39 is 11.9 Å². The molecule has 0 fully saturated rings. The Hall–Kier alpha value is -2.48. The quantitative estimate of drug-likeness (QED) is 0.874. The second-order valence-electron chi connectivity index (χ2n) is 4.01. The fourth-order valence-corrected chi connectivity index (χ4v) is 2.30. The molecule has 0 aliphatic rings. The van der Waals surface area contributed by atoms with E-state index >= 15 is 0 Å². The van der Waals surface area contributed by atoms with Crippen LogP contribution in [0.3, 0.4) is 0 Å². The van der Waals surface area contributed by atoms with Crippen molar-refractivity contribution in [1.82, 2.24) is 9.55 Å². The van der Waals surface area contributed by atoms with Gasteiger partial charge >= 0.3 is 10.8 Å². The van der Waals surface area contributed by atoms with E-state index in [-0.39, 0.29) is 17.1 Å². The molecule has 1 amide bonds. The molecule has 0 atom stereocenters. The first-order valence-electron chi connectivity index (χ1n) is 5.61. The summed E-state index contributed by atoms with van der Waals surface area (Å²) in [6.45, 7) is 1.62. The maximum Gasteiger partial charge on any atom is 0.354 e. The first-order chi connectivity index (χ1) is 9.47. The molecule has 0 aliphatic carbocycles. The molecule has 0 unspecified atom stereocenters. The van der Waals surface area contributed by atoms with Crippen molar-refractivity contribution in [2.24, 2.45) is 0 Å². The Labute approximate surface area is 117 Å². The van der Waals surface area contributed by atoms with Gasteiger partial charge in [-0.2, -0.15) is 0 Å². The number of carbonyl (C=O) groups excluding carboxylic acids is 1. The summed E-state index contributed by atoms with van der Waals surface area (Å²) in [6.07, 6.45) is 1.29. The maximum atomic E-state index is 11.8. The highest BCUT2D eigenvalue weighted by atomic mass is 32.1. The van der Waals surface area contributed by atoms with Crippen molar-refractivity contribution >= 4 is 28.9 Å². The van der Waals surface area contributed by atoms with Crippen molar-refractivity contribution in [3.8, 4) is 0 Å². The van der Waals surface area contributed by atoms with E-state index in [1.54, 1.807) is 12.3 Å². The normalized spacial score (nSPS) is 10.2. The van der Waals surface area contributed by atoms with Crippen LogP contribution >= 0.6 is 11.3 Å². The van der Waals surface area contributed by atoms with Crippen molar-refractivity contribution in [3.05, 3.63) is 44.8 Å². The van der Waals surface area contributed by atoms with Crippen molar-refractivity contribution in [1.29, 1.82) is 0 Å². The molecule has 8 heteroatoms. The van der Waals surface area contributed by atoms with E-state index in [0.29, 0.717) is 11.4 Å². The average Bonchev–Trinajstić information content (AvgIpc) is 2.71. The number of carboxylic acids is 1. The number of aromatic nitrogens is 2. The number of aryl methyl sites for hydroxylation is 1. The van der Waals surface area contributed by atoms with Gasteiger partial charge in [0.15, 0.2) is 0 Å². The Morgan fingerprint density at radius 1 is 1.50 bits per heavy atom. The van der Waals surface area contributed by atoms with Gasteiger partial charge in [0, 0.05) is 23.0 Å². The minimum Gasteiger partial charge on any atom is -0.477 e. The molecule has 2 heterocycles. The molecule has 0 bridgehead atoms. The topological polar surface area (TPSA) is 101 Å². The second kappa shape index (κ2) is 5.66. The molecule has 2 rings (SSSR count). The molecule has 0 saturated heterocycles. The van der Waals surface area contributed by atoms with E-state index in [9.17, 15) is 14.4 Å². The lowest BCUT2D eigenvalue weighted by atomic mass is 10.3. The van der Waals surface area contributed by atoms with E-state index in [1.165, 1.54) is 22.9 Å². The van der Waals surface area contributed by atoms with Crippen molar-refractivity contribution in [3.63, 3.8) is 0 Å². The monoisotopic (exact) mass is 293 g/mol. The van der Waals surface area contributed by atoms with Gasteiger partial charge in [-0.3, -0.25) is 14.2 Å². The number of thiazole rings is 1. The predicted molar refractivity (Wildman–Crippen MR) is 73.1 cm³/mol. The van der Waals surface area contributed by atoms with Crippen LogP contribution in [-0.2, 0) is 11.3 Å². The molecule has 20 heavy (non-hydrogen) atoms. The van der Waals surface area contributed by atoms with E-state index in [1.807, 2.05) is 0 Å². The predicted octanol–water partition coefficient (Wildman–Crippen LogP) is 0.950. The molecule has 2 aromatic rings. The van der Waals surface area contributed by atoms with Gasteiger partial charge in [0.2, 0.25) is 5.91 Å². The summed E-state index contributed by atoms with van der Waals surface area (Å²) >= 11 is 1.03. The van der Waals surface area contributed by atoms with Crippen LogP contribution in [0.5, 0.6) is 0 Å². The largest absolute Gasteiger partial charge is 0.477 e. The van der Waals surface area contributed by atoms with Crippen LogP contribution in [0.4, 0.5) is 5.69 Å². The lowest BCUT2D eigenvalue weighted by molar-refractivity contribution is -0.116. The first kappa shape index (κ1) is 13.9. The van der Waals surface area contributed by atoms with Gasteiger partial charge in [-0.15, -0.1) is 0 Å². The second-order valence-corrected chi connectivity index (χ2v) is 4.83. The average molecular weight is 293 g/mol. The fourth-order valence-electron chi connectivity index (χ4n) is 1.57.